The number of para-hydroxylation sites is 1. The van der Waals surface area contributed by atoms with Crippen molar-refractivity contribution in [2.45, 2.75) is 0 Å². The molecule has 2 heteroatoms. The Morgan fingerprint density at radius 1 is 0.619 bits per heavy atom. The molecule has 0 aliphatic heterocycles. The van der Waals surface area contributed by atoms with Crippen LogP contribution in [0.2, 0.25) is 0 Å². The first kappa shape index (κ1) is 14.3. The van der Waals surface area contributed by atoms with Gasteiger partial charge in [0.1, 0.15) is 0 Å². The quantitative estimate of drug-likeness (QED) is 0.532. The number of hydrogen-bond donors (Lipinski definition) is 0. The van der Waals surface area contributed by atoms with Crippen LogP contribution >= 0.6 is 0 Å². The molecule has 0 saturated heterocycles. The Morgan fingerprint density at radius 2 is 1.10 bits per heavy atom. The molecule has 3 aromatic rings. The standard InChI is InChI=1S/C7H7O.2C6H5.Bi/c1-8-7-5-3-2-4-6-7;2*1-2-4-6-5-3-1;/h2-5H,1H3;2*1-5H;. The first-order valence-electron chi connectivity index (χ1n) is 6.93. The van der Waals surface area contributed by atoms with Gasteiger partial charge in [-0.2, -0.15) is 0 Å². The van der Waals surface area contributed by atoms with Gasteiger partial charge in [-0.1, -0.05) is 0 Å². The molecule has 0 atom stereocenters. The molecule has 0 N–H and O–H groups in total. The van der Waals surface area contributed by atoms with E-state index in [0.717, 1.165) is 5.75 Å². The van der Waals surface area contributed by atoms with Gasteiger partial charge in [0.15, 0.2) is 0 Å². The molecule has 0 aliphatic rings. The molecule has 0 saturated carbocycles. The summed E-state index contributed by atoms with van der Waals surface area (Å²) in [5, 5.41) is 0. The van der Waals surface area contributed by atoms with E-state index in [9.17, 15) is 0 Å². The maximum atomic E-state index is 5.62. The Kier molecular flexibility index (Phi) is 4.67. The van der Waals surface area contributed by atoms with Gasteiger partial charge in [0.2, 0.25) is 0 Å². The molecule has 1 nitrogen and oxygen atoms in total. The first-order chi connectivity index (χ1) is 10.4. The van der Waals surface area contributed by atoms with Crippen LogP contribution in [0.15, 0.2) is 84.9 Å². The van der Waals surface area contributed by atoms with Crippen LogP contribution in [0.1, 0.15) is 0 Å². The molecule has 0 radical (unpaired) electrons. The van der Waals surface area contributed by atoms with Crippen molar-refractivity contribution in [3.05, 3.63) is 84.9 Å². The van der Waals surface area contributed by atoms with E-state index in [1.807, 2.05) is 6.07 Å². The fourth-order valence-corrected chi connectivity index (χ4v) is 11.8. The zero-order valence-electron chi connectivity index (χ0n) is 11.9. The van der Waals surface area contributed by atoms with Gasteiger partial charge in [-0.05, 0) is 0 Å². The predicted molar refractivity (Wildman–Crippen MR) is 90.5 cm³/mol. The Bertz CT molecular complexity index is 656. The zero-order chi connectivity index (χ0) is 14.5. The van der Waals surface area contributed by atoms with E-state index >= 15 is 0 Å². The maximum absolute atomic E-state index is 5.62. The van der Waals surface area contributed by atoms with Gasteiger partial charge in [0, 0.05) is 0 Å². The van der Waals surface area contributed by atoms with Crippen molar-refractivity contribution in [1.82, 2.24) is 0 Å². The van der Waals surface area contributed by atoms with E-state index in [2.05, 4.69) is 78.9 Å². The number of benzene rings is 3. The Morgan fingerprint density at radius 3 is 1.62 bits per heavy atom. The van der Waals surface area contributed by atoms with Gasteiger partial charge in [-0.25, -0.2) is 0 Å². The summed E-state index contributed by atoms with van der Waals surface area (Å²) >= 11 is -2.27. The molecule has 3 rings (SSSR count). The number of ether oxygens (including phenoxy) is 1. The van der Waals surface area contributed by atoms with Crippen molar-refractivity contribution >= 4 is 31.6 Å². The average molecular weight is 470 g/mol. The SMILES string of the molecule is COc1cccc[c]1[Bi]([c]1ccccc1)[c]1ccccc1. The normalized spacial score (nSPS) is 10.6. The van der Waals surface area contributed by atoms with Crippen molar-refractivity contribution in [3.63, 3.8) is 0 Å². The van der Waals surface area contributed by atoms with Crippen LogP contribution in [-0.2, 0) is 0 Å². The third-order valence-electron chi connectivity index (χ3n) is 3.35. The Hall–Kier alpha value is -1.66. The minimum absolute atomic E-state index is 1.02. The second kappa shape index (κ2) is 6.87. The summed E-state index contributed by atoms with van der Waals surface area (Å²) in [5.74, 6) is 1.02. The van der Waals surface area contributed by atoms with Crippen LogP contribution in [0, 0.1) is 0 Å². The van der Waals surface area contributed by atoms with Crippen molar-refractivity contribution in [3.8, 4) is 5.75 Å². The summed E-state index contributed by atoms with van der Waals surface area (Å²) in [7, 11) is 1.76. The van der Waals surface area contributed by atoms with Crippen LogP contribution in [0.4, 0.5) is 0 Å². The molecule has 0 unspecified atom stereocenters. The zero-order valence-corrected chi connectivity index (χ0v) is 15.4. The van der Waals surface area contributed by atoms with Gasteiger partial charge >= 0.3 is 134 Å². The van der Waals surface area contributed by atoms with E-state index in [1.165, 1.54) is 9.81 Å². The Balaban J connectivity index is 2.17. The van der Waals surface area contributed by atoms with Crippen molar-refractivity contribution in [1.29, 1.82) is 0 Å². The molecule has 21 heavy (non-hydrogen) atoms. The summed E-state index contributed by atoms with van der Waals surface area (Å²) in [5.41, 5.74) is 0. The molecule has 3 aromatic carbocycles. The van der Waals surface area contributed by atoms with Crippen molar-refractivity contribution in [2.24, 2.45) is 0 Å². The summed E-state index contributed by atoms with van der Waals surface area (Å²) in [6.07, 6.45) is 0. The molecule has 0 aliphatic carbocycles. The molecule has 0 fully saturated rings. The molecular formula is C19H17BiO. The van der Waals surface area contributed by atoms with Gasteiger partial charge < -0.3 is 0 Å². The summed E-state index contributed by atoms with van der Waals surface area (Å²) in [6.45, 7) is 0. The second-order valence-corrected chi connectivity index (χ2v) is 13.2. The molecule has 0 spiro atoms. The molecule has 0 heterocycles. The first-order valence-corrected chi connectivity index (χ1v) is 12.1. The summed E-state index contributed by atoms with van der Waals surface area (Å²) in [4.78, 5) is 0. The Labute approximate surface area is 133 Å². The summed E-state index contributed by atoms with van der Waals surface area (Å²) < 4.78 is 9.97. The predicted octanol–water partition coefficient (Wildman–Crippen LogP) is 2.21. The van der Waals surface area contributed by atoms with E-state index in [0.29, 0.717) is 0 Å². The van der Waals surface area contributed by atoms with Gasteiger partial charge in [0.25, 0.3) is 0 Å². The van der Waals surface area contributed by atoms with Crippen molar-refractivity contribution < 1.29 is 4.74 Å². The van der Waals surface area contributed by atoms with E-state index in [-0.39, 0.29) is 0 Å². The molecular weight excluding hydrogens is 453 g/mol. The molecule has 0 bridgehead atoms. The third-order valence-corrected chi connectivity index (χ3v) is 13.0. The fourth-order valence-electron chi connectivity index (χ4n) is 2.40. The van der Waals surface area contributed by atoms with E-state index < -0.39 is 21.8 Å². The van der Waals surface area contributed by atoms with Crippen LogP contribution in [0.5, 0.6) is 5.75 Å². The van der Waals surface area contributed by atoms with Gasteiger partial charge in [0.05, 0.1) is 0 Å². The number of hydrogen-bond acceptors (Lipinski definition) is 1. The second-order valence-electron chi connectivity index (χ2n) is 4.68. The molecule has 0 amide bonds. The van der Waals surface area contributed by atoms with Gasteiger partial charge in [-0.15, -0.1) is 0 Å². The van der Waals surface area contributed by atoms with Crippen LogP contribution in [0.3, 0.4) is 0 Å². The third kappa shape index (κ3) is 3.17. The van der Waals surface area contributed by atoms with Crippen LogP contribution < -0.4 is 14.6 Å². The van der Waals surface area contributed by atoms with Gasteiger partial charge in [-0.3, -0.25) is 0 Å². The summed E-state index contributed by atoms with van der Waals surface area (Å²) in [6, 6.07) is 30.2. The average Bonchev–Trinajstić information content (AvgIpc) is 2.58. The number of methoxy groups -OCH3 is 1. The molecule has 0 aromatic heterocycles. The minimum atomic E-state index is -2.27. The van der Waals surface area contributed by atoms with E-state index in [1.54, 1.807) is 7.11 Å². The topological polar surface area (TPSA) is 9.23 Å². The van der Waals surface area contributed by atoms with E-state index in [4.69, 9.17) is 4.74 Å². The number of rotatable bonds is 4. The molecule has 104 valence electrons. The monoisotopic (exact) mass is 470 g/mol. The van der Waals surface area contributed by atoms with Crippen LogP contribution in [0.25, 0.3) is 0 Å². The van der Waals surface area contributed by atoms with Crippen LogP contribution in [-0.4, -0.2) is 28.9 Å². The fraction of sp³-hybridized carbons (Fsp3) is 0.0526. The van der Waals surface area contributed by atoms with Crippen molar-refractivity contribution in [2.75, 3.05) is 7.11 Å².